The van der Waals surface area contributed by atoms with Gasteiger partial charge < -0.3 is 15.0 Å². The van der Waals surface area contributed by atoms with Crippen LogP contribution in [-0.4, -0.2) is 36.9 Å². The summed E-state index contributed by atoms with van der Waals surface area (Å²) in [6.45, 7) is 2.94. The quantitative estimate of drug-likeness (QED) is 0.646. The second-order valence-corrected chi connectivity index (χ2v) is 8.05. The second-order valence-electron chi connectivity index (χ2n) is 6.99. The van der Waals surface area contributed by atoms with Gasteiger partial charge in [-0.15, -0.1) is 10.2 Å². The standard InChI is InChI=1S/C21H23FN4OS/c1-27-19-4-2-3-18(12-19)26-10-9-16(14-26)13-23-21-25-24-20(28-21)11-15-5-7-17(22)8-6-15/h2-8,12,16H,9-11,13-14H2,1H3,(H,23,25). The molecule has 0 spiro atoms. The highest BCUT2D eigenvalue weighted by molar-refractivity contribution is 7.15. The van der Waals surface area contributed by atoms with Gasteiger partial charge in [0.1, 0.15) is 16.6 Å². The van der Waals surface area contributed by atoms with Gasteiger partial charge in [-0.3, -0.25) is 0 Å². The first kappa shape index (κ1) is 18.7. The van der Waals surface area contributed by atoms with E-state index >= 15 is 0 Å². The van der Waals surface area contributed by atoms with Gasteiger partial charge in [0.15, 0.2) is 0 Å². The molecule has 0 amide bonds. The van der Waals surface area contributed by atoms with E-state index < -0.39 is 0 Å². The average molecular weight is 399 g/mol. The van der Waals surface area contributed by atoms with Crippen molar-refractivity contribution >= 4 is 22.2 Å². The maximum atomic E-state index is 13.0. The summed E-state index contributed by atoms with van der Waals surface area (Å²) in [5, 5.41) is 13.7. The number of nitrogens with one attached hydrogen (secondary N) is 1. The zero-order valence-electron chi connectivity index (χ0n) is 15.8. The van der Waals surface area contributed by atoms with Crippen LogP contribution >= 0.6 is 11.3 Å². The van der Waals surface area contributed by atoms with E-state index in [2.05, 4.69) is 32.5 Å². The molecule has 7 heteroatoms. The summed E-state index contributed by atoms with van der Waals surface area (Å²) in [4.78, 5) is 2.40. The van der Waals surface area contributed by atoms with Crippen LogP contribution in [0.2, 0.25) is 0 Å². The molecule has 1 fully saturated rings. The normalized spacial score (nSPS) is 16.4. The molecule has 1 saturated heterocycles. The summed E-state index contributed by atoms with van der Waals surface area (Å²) < 4.78 is 18.3. The molecule has 0 saturated carbocycles. The van der Waals surface area contributed by atoms with Gasteiger partial charge in [-0.25, -0.2) is 4.39 Å². The van der Waals surface area contributed by atoms with E-state index in [9.17, 15) is 4.39 Å². The van der Waals surface area contributed by atoms with Gasteiger partial charge in [0.25, 0.3) is 0 Å². The molecule has 1 N–H and O–H groups in total. The highest BCUT2D eigenvalue weighted by Crippen LogP contribution is 2.27. The lowest BCUT2D eigenvalue weighted by atomic mass is 10.1. The summed E-state index contributed by atoms with van der Waals surface area (Å²) in [6.07, 6.45) is 1.82. The molecule has 0 aliphatic carbocycles. The Labute approximate surface area is 168 Å². The van der Waals surface area contributed by atoms with Crippen LogP contribution in [0.1, 0.15) is 17.0 Å². The van der Waals surface area contributed by atoms with E-state index in [-0.39, 0.29) is 5.82 Å². The van der Waals surface area contributed by atoms with Gasteiger partial charge >= 0.3 is 0 Å². The van der Waals surface area contributed by atoms with E-state index in [1.165, 1.54) is 17.8 Å². The number of hydrogen-bond acceptors (Lipinski definition) is 6. The van der Waals surface area contributed by atoms with E-state index in [0.717, 1.165) is 47.5 Å². The minimum Gasteiger partial charge on any atom is -0.497 e. The third kappa shape index (κ3) is 4.59. The number of benzene rings is 2. The molecular formula is C21H23FN4OS. The zero-order chi connectivity index (χ0) is 19.3. The van der Waals surface area contributed by atoms with Crippen molar-refractivity contribution in [2.24, 2.45) is 5.92 Å². The van der Waals surface area contributed by atoms with E-state index in [4.69, 9.17) is 4.74 Å². The van der Waals surface area contributed by atoms with Crippen molar-refractivity contribution in [2.45, 2.75) is 12.8 Å². The average Bonchev–Trinajstić information content (AvgIpc) is 3.38. The minimum atomic E-state index is -0.220. The molecule has 1 aliphatic heterocycles. The van der Waals surface area contributed by atoms with Crippen molar-refractivity contribution in [3.63, 3.8) is 0 Å². The van der Waals surface area contributed by atoms with Gasteiger partial charge in [0.2, 0.25) is 5.13 Å². The SMILES string of the molecule is COc1cccc(N2CCC(CNc3nnc(Cc4ccc(F)cc4)s3)C2)c1. The number of hydrogen-bond donors (Lipinski definition) is 1. The number of anilines is 2. The Bertz CT molecular complexity index is 915. The number of aromatic nitrogens is 2. The first-order chi connectivity index (χ1) is 13.7. The molecule has 0 radical (unpaired) electrons. The third-order valence-electron chi connectivity index (χ3n) is 4.98. The Morgan fingerprint density at radius 2 is 2.07 bits per heavy atom. The Kier molecular flexibility index (Phi) is 5.71. The molecule has 4 rings (SSSR count). The van der Waals surface area contributed by atoms with Gasteiger partial charge in [0, 0.05) is 37.8 Å². The number of rotatable bonds is 7. The topological polar surface area (TPSA) is 50.3 Å². The molecule has 28 heavy (non-hydrogen) atoms. The van der Waals surface area contributed by atoms with E-state index in [0.29, 0.717) is 12.3 Å². The summed E-state index contributed by atoms with van der Waals surface area (Å²) >= 11 is 1.56. The smallest absolute Gasteiger partial charge is 0.205 e. The monoisotopic (exact) mass is 398 g/mol. The fraction of sp³-hybridized carbons (Fsp3) is 0.333. The predicted octanol–water partition coefficient (Wildman–Crippen LogP) is 4.22. The maximum absolute atomic E-state index is 13.0. The van der Waals surface area contributed by atoms with Crippen LogP contribution in [0.25, 0.3) is 0 Å². The van der Waals surface area contributed by atoms with Gasteiger partial charge in [0.05, 0.1) is 7.11 Å². The summed E-state index contributed by atoms with van der Waals surface area (Å²) in [5.74, 6) is 1.24. The fourth-order valence-electron chi connectivity index (χ4n) is 3.45. The van der Waals surface area contributed by atoms with Crippen molar-refractivity contribution in [1.29, 1.82) is 0 Å². The van der Waals surface area contributed by atoms with Crippen LogP contribution < -0.4 is 15.0 Å². The minimum absolute atomic E-state index is 0.220. The summed E-state index contributed by atoms with van der Waals surface area (Å²) in [6, 6.07) is 14.7. The van der Waals surface area contributed by atoms with E-state index in [1.807, 2.05) is 12.1 Å². The van der Waals surface area contributed by atoms with Crippen molar-refractivity contribution in [2.75, 3.05) is 37.0 Å². The van der Waals surface area contributed by atoms with E-state index in [1.54, 1.807) is 30.6 Å². The molecule has 2 heterocycles. The van der Waals surface area contributed by atoms with Crippen LogP contribution in [0.15, 0.2) is 48.5 Å². The molecule has 1 aliphatic rings. The lowest BCUT2D eigenvalue weighted by Crippen LogP contribution is -2.22. The second kappa shape index (κ2) is 8.56. The summed E-state index contributed by atoms with van der Waals surface area (Å²) in [5.41, 5.74) is 2.24. The van der Waals surface area contributed by atoms with Crippen LogP contribution in [0.5, 0.6) is 5.75 Å². The first-order valence-electron chi connectivity index (χ1n) is 9.39. The molecule has 146 valence electrons. The fourth-order valence-corrected chi connectivity index (χ4v) is 4.23. The molecule has 2 aromatic carbocycles. The molecule has 5 nitrogen and oxygen atoms in total. The van der Waals surface area contributed by atoms with Crippen LogP contribution in [0, 0.1) is 11.7 Å². The Morgan fingerprint density at radius 1 is 1.21 bits per heavy atom. The Hall–Kier alpha value is -2.67. The van der Waals surface area contributed by atoms with Crippen molar-refractivity contribution in [3.8, 4) is 5.75 Å². The van der Waals surface area contributed by atoms with Crippen LogP contribution in [-0.2, 0) is 6.42 Å². The first-order valence-corrected chi connectivity index (χ1v) is 10.2. The maximum Gasteiger partial charge on any atom is 0.205 e. The van der Waals surface area contributed by atoms with Crippen molar-refractivity contribution in [3.05, 3.63) is 64.9 Å². The highest BCUT2D eigenvalue weighted by Gasteiger charge is 2.23. The van der Waals surface area contributed by atoms with Gasteiger partial charge in [-0.2, -0.15) is 0 Å². The van der Waals surface area contributed by atoms with Crippen molar-refractivity contribution in [1.82, 2.24) is 10.2 Å². The third-order valence-corrected chi connectivity index (χ3v) is 5.86. The number of methoxy groups -OCH3 is 1. The molecule has 0 bridgehead atoms. The largest absolute Gasteiger partial charge is 0.497 e. The van der Waals surface area contributed by atoms with Gasteiger partial charge in [-0.05, 0) is 42.2 Å². The number of halogens is 1. The molecule has 1 atom stereocenters. The van der Waals surface area contributed by atoms with Crippen LogP contribution in [0.4, 0.5) is 15.2 Å². The number of nitrogens with zero attached hydrogens (tertiary/aromatic N) is 3. The Balaban J connectivity index is 1.28. The highest BCUT2D eigenvalue weighted by atomic mass is 32.1. The molecule has 1 unspecified atom stereocenters. The lowest BCUT2D eigenvalue weighted by Gasteiger charge is -2.19. The Morgan fingerprint density at radius 3 is 2.89 bits per heavy atom. The number of ether oxygens (including phenoxy) is 1. The lowest BCUT2D eigenvalue weighted by molar-refractivity contribution is 0.415. The molecule has 3 aromatic rings. The molecular weight excluding hydrogens is 375 g/mol. The summed E-state index contributed by atoms with van der Waals surface area (Å²) in [7, 11) is 1.70. The molecule has 1 aromatic heterocycles. The van der Waals surface area contributed by atoms with Gasteiger partial charge in [-0.1, -0.05) is 29.5 Å². The predicted molar refractivity (Wildman–Crippen MR) is 111 cm³/mol. The van der Waals surface area contributed by atoms with Crippen LogP contribution in [0.3, 0.4) is 0 Å². The zero-order valence-corrected chi connectivity index (χ0v) is 16.6. The van der Waals surface area contributed by atoms with Crippen molar-refractivity contribution < 1.29 is 9.13 Å².